The molecule has 0 aliphatic rings. The summed E-state index contributed by atoms with van der Waals surface area (Å²) in [4.78, 5) is 17.7. The van der Waals surface area contributed by atoms with Crippen molar-refractivity contribution in [2.45, 2.75) is 27.2 Å². The molecule has 1 aromatic heterocycles. The number of pyridine rings is 1. The molecule has 19 heavy (non-hydrogen) atoms. The highest BCUT2D eigenvalue weighted by Crippen LogP contribution is 2.28. The highest BCUT2D eigenvalue weighted by atomic mass is 16.5. The van der Waals surface area contributed by atoms with E-state index in [0.29, 0.717) is 19.6 Å². The Kier molecular flexibility index (Phi) is 5.60. The summed E-state index contributed by atoms with van der Waals surface area (Å²) >= 11 is 0. The first-order chi connectivity index (χ1) is 9.01. The van der Waals surface area contributed by atoms with Gasteiger partial charge < -0.3 is 14.4 Å². The van der Waals surface area contributed by atoms with Crippen LogP contribution in [0.25, 0.3) is 0 Å². The van der Waals surface area contributed by atoms with Gasteiger partial charge in [-0.2, -0.15) is 0 Å². The largest absolute Gasteiger partial charge is 0.496 e. The zero-order valence-corrected chi connectivity index (χ0v) is 12.3. The molecule has 0 radical (unpaired) electrons. The number of methoxy groups -OCH3 is 1. The van der Waals surface area contributed by atoms with Crippen LogP contribution in [0.15, 0.2) is 6.20 Å². The van der Waals surface area contributed by atoms with E-state index in [2.05, 4.69) is 4.98 Å². The molecule has 0 N–H and O–H groups in total. The normalized spacial score (nSPS) is 10.2. The zero-order valence-electron chi connectivity index (χ0n) is 12.3. The SMILES string of the molecule is CCOC(=O)CCN(C)c1ncc(C)c(OC)c1C. The molecule has 0 bridgehead atoms. The molecule has 0 atom stereocenters. The number of anilines is 1. The average Bonchev–Trinajstić information content (AvgIpc) is 2.37. The summed E-state index contributed by atoms with van der Waals surface area (Å²) in [5.41, 5.74) is 1.98. The van der Waals surface area contributed by atoms with Crippen molar-refractivity contribution in [2.24, 2.45) is 0 Å². The van der Waals surface area contributed by atoms with Gasteiger partial charge in [0.2, 0.25) is 0 Å². The number of carbonyl (C=O) groups excluding carboxylic acids is 1. The Morgan fingerprint density at radius 1 is 1.42 bits per heavy atom. The molecule has 0 aliphatic heterocycles. The number of nitrogens with zero attached hydrogens (tertiary/aromatic N) is 2. The lowest BCUT2D eigenvalue weighted by molar-refractivity contribution is -0.142. The highest BCUT2D eigenvalue weighted by Gasteiger charge is 2.14. The summed E-state index contributed by atoms with van der Waals surface area (Å²) in [6.07, 6.45) is 2.13. The second kappa shape index (κ2) is 6.97. The predicted molar refractivity (Wildman–Crippen MR) is 74.8 cm³/mol. The molecule has 0 fully saturated rings. The third-order valence-corrected chi connectivity index (χ3v) is 2.94. The van der Waals surface area contributed by atoms with Gasteiger partial charge in [0.05, 0.1) is 20.1 Å². The highest BCUT2D eigenvalue weighted by molar-refractivity contribution is 5.70. The van der Waals surface area contributed by atoms with Gasteiger partial charge in [-0.15, -0.1) is 0 Å². The lowest BCUT2D eigenvalue weighted by atomic mass is 10.2. The first-order valence-corrected chi connectivity index (χ1v) is 6.38. The van der Waals surface area contributed by atoms with Crippen molar-refractivity contribution in [3.8, 4) is 5.75 Å². The Balaban J connectivity index is 2.77. The monoisotopic (exact) mass is 266 g/mol. The van der Waals surface area contributed by atoms with Gasteiger partial charge in [0.15, 0.2) is 0 Å². The molecule has 0 aliphatic carbocycles. The predicted octanol–water partition coefficient (Wildman–Crippen LogP) is 2.10. The van der Waals surface area contributed by atoms with E-state index in [-0.39, 0.29) is 5.97 Å². The molecular formula is C14H22N2O3. The first kappa shape index (κ1) is 15.3. The van der Waals surface area contributed by atoms with Crippen molar-refractivity contribution in [3.63, 3.8) is 0 Å². The molecule has 0 amide bonds. The van der Waals surface area contributed by atoms with E-state index < -0.39 is 0 Å². The van der Waals surface area contributed by atoms with E-state index in [1.807, 2.05) is 25.8 Å². The van der Waals surface area contributed by atoms with Gasteiger partial charge in [-0.1, -0.05) is 0 Å². The molecular weight excluding hydrogens is 244 g/mol. The van der Waals surface area contributed by atoms with E-state index in [0.717, 1.165) is 22.7 Å². The van der Waals surface area contributed by atoms with Crippen LogP contribution >= 0.6 is 0 Å². The third kappa shape index (κ3) is 3.84. The quantitative estimate of drug-likeness (QED) is 0.738. The summed E-state index contributed by atoms with van der Waals surface area (Å²) < 4.78 is 10.3. The minimum atomic E-state index is -0.189. The summed E-state index contributed by atoms with van der Waals surface area (Å²) in [6, 6.07) is 0. The van der Waals surface area contributed by atoms with Crippen molar-refractivity contribution < 1.29 is 14.3 Å². The molecule has 0 saturated heterocycles. The van der Waals surface area contributed by atoms with Crippen molar-refractivity contribution in [1.82, 2.24) is 4.98 Å². The van der Waals surface area contributed by atoms with Gasteiger partial charge >= 0.3 is 5.97 Å². The number of aryl methyl sites for hydroxylation is 1. The maximum Gasteiger partial charge on any atom is 0.307 e. The molecule has 0 aromatic carbocycles. The molecule has 5 nitrogen and oxygen atoms in total. The van der Waals surface area contributed by atoms with Crippen LogP contribution in [-0.4, -0.2) is 38.3 Å². The summed E-state index contributed by atoms with van der Waals surface area (Å²) in [7, 11) is 3.56. The minimum Gasteiger partial charge on any atom is -0.496 e. The second-order valence-electron chi connectivity index (χ2n) is 4.40. The van der Waals surface area contributed by atoms with E-state index >= 15 is 0 Å². The van der Waals surface area contributed by atoms with Crippen LogP contribution in [0.4, 0.5) is 5.82 Å². The lowest BCUT2D eigenvalue weighted by Gasteiger charge is -2.21. The van der Waals surface area contributed by atoms with Crippen LogP contribution in [0.5, 0.6) is 5.75 Å². The Labute approximate surface area is 114 Å². The number of aromatic nitrogens is 1. The van der Waals surface area contributed by atoms with E-state index in [9.17, 15) is 4.79 Å². The number of hydrogen-bond donors (Lipinski definition) is 0. The number of hydrogen-bond acceptors (Lipinski definition) is 5. The molecule has 1 rings (SSSR count). The van der Waals surface area contributed by atoms with E-state index in [4.69, 9.17) is 9.47 Å². The summed E-state index contributed by atoms with van der Waals surface area (Å²) in [6.45, 7) is 6.71. The molecule has 0 saturated carbocycles. The molecule has 5 heteroatoms. The van der Waals surface area contributed by atoms with Crippen LogP contribution in [0.1, 0.15) is 24.5 Å². The van der Waals surface area contributed by atoms with Gasteiger partial charge in [-0.05, 0) is 20.8 Å². The van der Waals surface area contributed by atoms with Gasteiger partial charge in [0.1, 0.15) is 11.6 Å². The smallest absolute Gasteiger partial charge is 0.307 e. The van der Waals surface area contributed by atoms with Crippen LogP contribution in [-0.2, 0) is 9.53 Å². The minimum absolute atomic E-state index is 0.189. The third-order valence-electron chi connectivity index (χ3n) is 2.94. The maximum absolute atomic E-state index is 11.3. The molecule has 0 spiro atoms. The Morgan fingerprint density at radius 2 is 2.11 bits per heavy atom. The van der Waals surface area contributed by atoms with Crippen LogP contribution < -0.4 is 9.64 Å². The lowest BCUT2D eigenvalue weighted by Crippen LogP contribution is -2.24. The van der Waals surface area contributed by atoms with E-state index in [1.54, 1.807) is 20.2 Å². The Morgan fingerprint density at radius 3 is 2.68 bits per heavy atom. The molecule has 0 unspecified atom stereocenters. The topological polar surface area (TPSA) is 51.7 Å². The molecule has 1 heterocycles. The first-order valence-electron chi connectivity index (χ1n) is 6.38. The number of rotatable bonds is 6. The Bertz CT molecular complexity index is 447. The maximum atomic E-state index is 11.3. The van der Waals surface area contributed by atoms with Crippen molar-refractivity contribution in [3.05, 3.63) is 17.3 Å². The van der Waals surface area contributed by atoms with Crippen LogP contribution in [0.2, 0.25) is 0 Å². The average molecular weight is 266 g/mol. The fourth-order valence-electron chi connectivity index (χ4n) is 2.01. The van der Waals surface area contributed by atoms with Gasteiger partial charge in [0.25, 0.3) is 0 Å². The van der Waals surface area contributed by atoms with Gasteiger partial charge in [-0.3, -0.25) is 4.79 Å². The number of esters is 1. The number of ether oxygens (including phenoxy) is 2. The molecule has 1 aromatic rings. The van der Waals surface area contributed by atoms with Gasteiger partial charge in [-0.25, -0.2) is 4.98 Å². The summed E-state index contributed by atoms with van der Waals surface area (Å²) in [5, 5.41) is 0. The Hall–Kier alpha value is -1.78. The standard InChI is InChI=1S/C14H22N2O3/c1-6-19-12(17)7-8-16(4)14-11(3)13(18-5)10(2)9-15-14/h9H,6-8H2,1-5H3. The van der Waals surface area contributed by atoms with Crippen molar-refractivity contribution >= 4 is 11.8 Å². The van der Waals surface area contributed by atoms with Crippen molar-refractivity contribution in [2.75, 3.05) is 32.2 Å². The second-order valence-corrected chi connectivity index (χ2v) is 4.40. The van der Waals surface area contributed by atoms with Crippen LogP contribution in [0, 0.1) is 13.8 Å². The van der Waals surface area contributed by atoms with Crippen LogP contribution in [0.3, 0.4) is 0 Å². The summed E-state index contributed by atoms with van der Waals surface area (Å²) in [5.74, 6) is 1.48. The van der Waals surface area contributed by atoms with E-state index in [1.165, 1.54) is 0 Å². The molecule has 106 valence electrons. The van der Waals surface area contributed by atoms with Crippen molar-refractivity contribution in [1.29, 1.82) is 0 Å². The number of carbonyl (C=O) groups is 1. The zero-order chi connectivity index (χ0) is 14.4. The van der Waals surface area contributed by atoms with Gasteiger partial charge in [0, 0.05) is 30.9 Å². The fourth-order valence-corrected chi connectivity index (χ4v) is 2.01. The fraction of sp³-hybridized carbons (Fsp3) is 0.571.